The van der Waals surface area contributed by atoms with Crippen LogP contribution in [0.15, 0.2) is 29.2 Å². The number of ether oxygens (including phenoxy) is 1. The molecule has 0 radical (unpaired) electrons. The van der Waals surface area contributed by atoms with Crippen LogP contribution in [0.5, 0.6) is 0 Å². The highest BCUT2D eigenvalue weighted by atomic mass is 16.5. The second kappa shape index (κ2) is 9.74. The molecule has 3 atom stereocenters. The zero-order valence-electron chi connectivity index (χ0n) is 16.3. The number of nitrogens with zero attached hydrogens (tertiary/aromatic N) is 3. The number of anilines is 1. The van der Waals surface area contributed by atoms with Gasteiger partial charge in [-0.05, 0) is 18.9 Å². The fourth-order valence-electron chi connectivity index (χ4n) is 3.36. The van der Waals surface area contributed by atoms with E-state index in [4.69, 9.17) is 9.84 Å². The van der Waals surface area contributed by atoms with Gasteiger partial charge in [0.15, 0.2) is 6.23 Å². The number of unbranched alkanes of at least 4 members (excludes halogenated alkanes) is 2. The van der Waals surface area contributed by atoms with Crippen molar-refractivity contribution in [2.45, 2.75) is 50.5 Å². The summed E-state index contributed by atoms with van der Waals surface area (Å²) in [5.74, 6) is -0.860. The van der Waals surface area contributed by atoms with Crippen LogP contribution in [0.3, 0.4) is 0 Å². The Morgan fingerprint density at radius 1 is 1.20 bits per heavy atom. The van der Waals surface area contributed by atoms with Gasteiger partial charge in [-0.15, -0.1) is 0 Å². The molecule has 3 heterocycles. The average molecular weight is 420 g/mol. The van der Waals surface area contributed by atoms with Gasteiger partial charge in [-0.25, -0.2) is 4.79 Å². The van der Waals surface area contributed by atoms with Crippen LogP contribution in [0.2, 0.25) is 0 Å². The average Bonchev–Trinajstić information content (AvgIpc) is 3.24. The number of amides is 3. The molecule has 1 aromatic heterocycles. The maximum Gasteiger partial charge on any atom is 0.351 e. The van der Waals surface area contributed by atoms with E-state index >= 15 is 0 Å². The molecule has 2 aliphatic rings. The summed E-state index contributed by atoms with van der Waals surface area (Å²) in [6, 6.07) is 1.43. The Morgan fingerprint density at radius 3 is 2.57 bits per heavy atom. The van der Waals surface area contributed by atoms with Crippen molar-refractivity contribution in [3.63, 3.8) is 0 Å². The Balaban J connectivity index is 1.42. The van der Waals surface area contributed by atoms with Crippen molar-refractivity contribution in [3.05, 3.63) is 34.9 Å². The minimum atomic E-state index is -0.941. The summed E-state index contributed by atoms with van der Waals surface area (Å²) < 4.78 is 6.54. The summed E-state index contributed by atoms with van der Waals surface area (Å²) in [7, 11) is 0. The molecule has 0 bridgehead atoms. The third-order valence-corrected chi connectivity index (χ3v) is 4.93. The van der Waals surface area contributed by atoms with Crippen molar-refractivity contribution >= 4 is 23.5 Å². The smallest absolute Gasteiger partial charge is 0.351 e. The minimum Gasteiger partial charge on any atom is -0.394 e. The van der Waals surface area contributed by atoms with Gasteiger partial charge in [0, 0.05) is 37.7 Å². The molecule has 30 heavy (non-hydrogen) atoms. The Bertz CT molecular complexity index is 879. The van der Waals surface area contributed by atoms with Crippen molar-refractivity contribution < 1.29 is 29.3 Å². The predicted octanol–water partition coefficient (Wildman–Crippen LogP) is -0.692. The number of rotatable bonds is 9. The number of carbonyl (C=O) groups excluding carboxylic acids is 3. The van der Waals surface area contributed by atoms with E-state index in [1.54, 1.807) is 0 Å². The van der Waals surface area contributed by atoms with E-state index < -0.39 is 24.1 Å². The van der Waals surface area contributed by atoms with Gasteiger partial charge in [0.25, 0.3) is 11.8 Å². The summed E-state index contributed by atoms with van der Waals surface area (Å²) in [5.41, 5.74) is -0.691. The van der Waals surface area contributed by atoms with Crippen LogP contribution >= 0.6 is 0 Å². The van der Waals surface area contributed by atoms with Gasteiger partial charge >= 0.3 is 5.69 Å². The molecule has 3 rings (SSSR count). The predicted molar refractivity (Wildman–Crippen MR) is 103 cm³/mol. The van der Waals surface area contributed by atoms with Crippen molar-refractivity contribution in [1.29, 1.82) is 0 Å². The second-order valence-corrected chi connectivity index (χ2v) is 7.16. The van der Waals surface area contributed by atoms with Gasteiger partial charge in [-0.3, -0.25) is 23.9 Å². The van der Waals surface area contributed by atoms with E-state index in [9.17, 15) is 24.3 Å². The van der Waals surface area contributed by atoms with E-state index in [0.717, 1.165) is 9.47 Å². The van der Waals surface area contributed by atoms with Crippen molar-refractivity contribution in [1.82, 2.24) is 14.5 Å². The highest BCUT2D eigenvalue weighted by Gasteiger charge is 2.35. The van der Waals surface area contributed by atoms with Gasteiger partial charge < -0.3 is 20.3 Å². The van der Waals surface area contributed by atoms with E-state index in [0.29, 0.717) is 25.8 Å². The Kier molecular flexibility index (Phi) is 7.08. The first-order valence-corrected chi connectivity index (χ1v) is 9.76. The number of aromatic nitrogens is 2. The molecule has 0 aliphatic carbocycles. The molecule has 3 amide bonds. The lowest BCUT2D eigenvalue weighted by atomic mass is 10.2. The topological polar surface area (TPSA) is 151 Å². The van der Waals surface area contributed by atoms with Crippen LogP contribution in [-0.4, -0.2) is 67.7 Å². The fraction of sp³-hybridized carbons (Fsp3) is 0.526. The van der Waals surface area contributed by atoms with Crippen LogP contribution in [-0.2, 0) is 19.1 Å². The largest absolute Gasteiger partial charge is 0.394 e. The van der Waals surface area contributed by atoms with E-state index in [-0.39, 0.29) is 43.0 Å². The first-order chi connectivity index (χ1) is 14.4. The zero-order chi connectivity index (χ0) is 21.7. The summed E-state index contributed by atoms with van der Waals surface area (Å²) in [5, 5.41) is 21.6. The molecular formula is C19H24N4O7. The zero-order valence-corrected chi connectivity index (χ0v) is 16.3. The molecule has 0 aromatic carbocycles. The molecule has 1 fully saturated rings. The van der Waals surface area contributed by atoms with Gasteiger partial charge in [0.1, 0.15) is 11.9 Å². The molecule has 0 spiro atoms. The number of imide groups is 1. The summed E-state index contributed by atoms with van der Waals surface area (Å²) in [6.45, 7) is 0.0592. The molecule has 11 heteroatoms. The third-order valence-electron chi connectivity index (χ3n) is 4.93. The van der Waals surface area contributed by atoms with Crippen molar-refractivity contribution in [2.75, 3.05) is 18.5 Å². The maximum absolute atomic E-state index is 12.2. The van der Waals surface area contributed by atoms with Gasteiger partial charge in [-0.2, -0.15) is 4.98 Å². The number of aliphatic hydroxyl groups is 2. The molecule has 3 N–H and O–H groups in total. The third kappa shape index (κ3) is 5.17. The van der Waals surface area contributed by atoms with Crippen molar-refractivity contribution in [3.8, 4) is 0 Å². The van der Waals surface area contributed by atoms with Crippen LogP contribution in [0.4, 0.5) is 5.82 Å². The molecule has 1 saturated heterocycles. The SMILES string of the molecule is O=C(CCCCCN1C(=O)C=CC1=O)Nc1ccn(C2OC(CO)CC2O)c(=O)n1. The lowest BCUT2D eigenvalue weighted by Gasteiger charge is -2.17. The number of carbonyl (C=O) groups is 3. The number of hydrogen-bond acceptors (Lipinski definition) is 8. The summed E-state index contributed by atoms with van der Waals surface area (Å²) in [6.07, 6.45) is 3.64. The lowest BCUT2D eigenvalue weighted by molar-refractivity contribution is -0.136. The van der Waals surface area contributed by atoms with E-state index in [2.05, 4.69) is 10.3 Å². The van der Waals surface area contributed by atoms with Gasteiger partial charge in [0.2, 0.25) is 5.91 Å². The monoisotopic (exact) mass is 420 g/mol. The fourth-order valence-corrected chi connectivity index (χ4v) is 3.36. The second-order valence-electron chi connectivity index (χ2n) is 7.16. The number of nitrogens with one attached hydrogen (secondary N) is 1. The van der Waals surface area contributed by atoms with Gasteiger partial charge in [-0.1, -0.05) is 6.42 Å². The quantitative estimate of drug-likeness (QED) is 0.351. The molecule has 1 aromatic rings. The minimum absolute atomic E-state index is 0.0896. The normalized spacial score (nSPS) is 23.4. The van der Waals surface area contributed by atoms with Crippen LogP contribution in [0.1, 0.15) is 38.3 Å². The van der Waals surface area contributed by atoms with Crippen LogP contribution in [0, 0.1) is 0 Å². The van der Waals surface area contributed by atoms with E-state index in [1.807, 2.05) is 0 Å². The molecule has 3 unspecified atom stereocenters. The van der Waals surface area contributed by atoms with Crippen LogP contribution < -0.4 is 11.0 Å². The Morgan fingerprint density at radius 2 is 1.93 bits per heavy atom. The number of aliphatic hydroxyl groups excluding tert-OH is 2. The van der Waals surface area contributed by atoms with Gasteiger partial charge in [0.05, 0.1) is 12.7 Å². The molecule has 11 nitrogen and oxygen atoms in total. The maximum atomic E-state index is 12.2. The highest BCUT2D eigenvalue weighted by molar-refractivity contribution is 6.12. The molecule has 162 valence electrons. The standard InChI is InChI=1S/C19H24N4O7/c24-11-12-10-13(25)18(30-12)23-9-7-14(21-19(23)29)20-15(26)4-2-1-3-8-22-16(27)5-6-17(22)28/h5-7,9,12-13,18,24-25H,1-4,8,10-11H2,(H,20,21,26,29). The van der Waals surface area contributed by atoms with Crippen LogP contribution in [0.25, 0.3) is 0 Å². The Hall–Kier alpha value is -2.89. The summed E-state index contributed by atoms with van der Waals surface area (Å²) in [4.78, 5) is 52.1. The molecule has 0 saturated carbocycles. The number of hydrogen-bond donors (Lipinski definition) is 3. The van der Waals surface area contributed by atoms with Crippen molar-refractivity contribution in [2.24, 2.45) is 0 Å². The Labute approximate surface area is 172 Å². The highest BCUT2D eigenvalue weighted by Crippen LogP contribution is 2.27. The lowest BCUT2D eigenvalue weighted by Crippen LogP contribution is -2.32. The first-order valence-electron chi connectivity index (χ1n) is 9.76. The molecule has 2 aliphatic heterocycles. The van der Waals surface area contributed by atoms with E-state index in [1.165, 1.54) is 24.4 Å². The first kappa shape index (κ1) is 21.8. The summed E-state index contributed by atoms with van der Waals surface area (Å²) >= 11 is 0. The molecular weight excluding hydrogens is 396 g/mol.